The molecule has 0 bridgehead atoms. The van der Waals surface area contributed by atoms with Crippen LogP contribution in [0.4, 0.5) is 5.69 Å². The van der Waals surface area contributed by atoms with E-state index in [1.807, 2.05) is 37.3 Å². The second-order valence-corrected chi connectivity index (χ2v) is 7.06. The number of hydrogen-bond acceptors (Lipinski definition) is 6. The van der Waals surface area contributed by atoms with Gasteiger partial charge in [-0.3, -0.25) is 14.4 Å². The largest absolute Gasteiger partial charge is 0.462 e. The van der Waals surface area contributed by atoms with Crippen LogP contribution in [0.25, 0.3) is 0 Å². The van der Waals surface area contributed by atoms with Gasteiger partial charge in [0.15, 0.2) is 6.61 Å². The van der Waals surface area contributed by atoms with Crippen molar-refractivity contribution >= 4 is 29.4 Å². The zero-order valence-corrected chi connectivity index (χ0v) is 18.3. The van der Waals surface area contributed by atoms with E-state index in [-0.39, 0.29) is 44.4 Å². The van der Waals surface area contributed by atoms with Gasteiger partial charge < -0.3 is 20.1 Å². The van der Waals surface area contributed by atoms with E-state index in [4.69, 9.17) is 9.47 Å². The first-order valence-electron chi connectivity index (χ1n) is 10.5. The monoisotopic (exact) mass is 440 g/mol. The number of esters is 2. The van der Waals surface area contributed by atoms with Crippen molar-refractivity contribution < 1.29 is 28.7 Å². The molecule has 0 heterocycles. The van der Waals surface area contributed by atoms with Crippen molar-refractivity contribution in [1.29, 1.82) is 0 Å². The Hall–Kier alpha value is -3.68. The Morgan fingerprint density at radius 1 is 0.875 bits per heavy atom. The van der Waals surface area contributed by atoms with Gasteiger partial charge >= 0.3 is 11.9 Å². The van der Waals surface area contributed by atoms with E-state index in [1.165, 1.54) is 0 Å². The summed E-state index contributed by atoms with van der Waals surface area (Å²) in [5, 5.41) is 5.46. The molecule has 8 heteroatoms. The average Bonchev–Trinajstić information content (AvgIpc) is 2.79. The van der Waals surface area contributed by atoms with Gasteiger partial charge in [-0.05, 0) is 50.1 Å². The molecule has 0 saturated heterocycles. The first kappa shape index (κ1) is 24.6. The summed E-state index contributed by atoms with van der Waals surface area (Å²) in [6.45, 7) is 3.49. The fourth-order valence-electron chi connectivity index (χ4n) is 2.85. The summed E-state index contributed by atoms with van der Waals surface area (Å²) in [6.07, 6.45) is 0.427. The molecule has 0 fully saturated rings. The maximum absolute atomic E-state index is 12.0. The van der Waals surface area contributed by atoms with E-state index in [9.17, 15) is 19.2 Å². The molecule has 0 spiro atoms. The number of ether oxygens (including phenoxy) is 2. The predicted octanol–water partition coefficient (Wildman–Crippen LogP) is 3.39. The molecule has 0 aliphatic heterocycles. The maximum Gasteiger partial charge on any atom is 0.338 e. The second kappa shape index (κ2) is 12.9. The topological polar surface area (TPSA) is 111 Å². The normalized spacial score (nSPS) is 11.2. The van der Waals surface area contributed by atoms with Crippen LogP contribution in [0.2, 0.25) is 0 Å². The lowest BCUT2D eigenvalue weighted by Gasteiger charge is -2.14. The van der Waals surface area contributed by atoms with Gasteiger partial charge in [-0.1, -0.05) is 30.3 Å². The Kier molecular flexibility index (Phi) is 9.90. The summed E-state index contributed by atoms with van der Waals surface area (Å²) in [5.41, 5.74) is 1.89. The number of benzene rings is 2. The van der Waals surface area contributed by atoms with Crippen LogP contribution in [0, 0.1) is 0 Å². The van der Waals surface area contributed by atoms with Crippen LogP contribution in [0.15, 0.2) is 54.6 Å². The van der Waals surface area contributed by atoms with Gasteiger partial charge in [-0.2, -0.15) is 0 Å². The summed E-state index contributed by atoms with van der Waals surface area (Å²) in [4.78, 5) is 47.4. The lowest BCUT2D eigenvalue weighted by Crippen LogP contribution is -2.31. The van der Waals surface area contributed by atoms with Gasteiger partial charge in [0.25, 0.3) is 5.91 Å². The van der Waals surface area contributed by atoms with E-state index < -0.39 is 17.8 Å². The molecular formula is C24H28N2O6. The average molecular weight is 440 g/mol. The van der Waals surface area contributed by atoms with Gasteiger partial charge in [-0.25, -0.2) is 4.79 Å². The summed E-state index contributed by atoms with van der Waals surface area (Å²) >= 11 is 0. The van der Waals surface area contributed by atoms with Crippen LogP contribution in [0.5, 0.6) is 0 Å². The lowest BCUT2D eigenvalue weighted by molar-refractivity contribution is -0.148. The minimum absolute atomic E-state index is 0.0245. The van der Waals surface area contributed by atoms with E-state index in [1.54, 1.807) is 31.2 Å². The van der Waals surface area contributed by atoms with Crippen LogP contribution >= 0.6 is 0 Å². The molecule has 0 unspecified atom stereocenters. The molecule has 2 amide bonds. The summed E-state index contributed by atoms with van der Waals surface area (Å²) in [5.74, 6) is -1.62. The van der Waals surface area contributed by atoms with Gasteiger partial charge in [-0.15, -0.1) is 0 Å². The Bertz CT molecular complexity index is 912. The molecule has 8 nitrogen and oxygen atoms in total. The van der Waals surface area contributed by atoms with Crippen LogP contribution in [0.3, 0.4) is 0 Å². The number of anilines is 1. The highest BCUT2D eigenvalue weighted by atomic mass is 16.5. The number of amides is 2. The first-order chi connectivity index (χ1) is 15.4. The Morgan fingerprint density at radius 3 is 2.22 bits per heavy atom. The van der Waals surface area contributed by atoms with Gasteiger partial charge in [0, 0.05) is 18.5 Å². The Labute approximate surface area is 187 Å². The molecule has 2 N–H and O–H groups in total. The number of nitrogens with one attached hydrogen (secondary N) is 2. The summed E-state index contributed by atoms with van der Waals surface area (Å²) in [6, 6.07) is 15.6. The van der Waals surface area contributed by atoms with Crippen LogP contribution in [-0.4, -0.2) is 37.0 Å². The molecule has 2 aromatic rings. The molecule has 0 radical (unpaired) electrons. The smallest absolute Gasteiger partial charge is 0.338 e. The SMILES string of the molecule is CCOC(=O)c1ccc(NC(=O)CCCC(=O)OCC(=O)N[C@H](C)c2ccccc2)cc1. The molecule has 170 valence electrons. The van der Waals surface area contributed by atoms with Gasteiger partial charge in [0.2, 0.25) is 5.91 Å². The van der Waals surface area contributed by atoms with Crippen LogP contribution < -0.4 is 10.6 Å². The van der Waals surface area contributed by atoms with Crippen molar-refractivity contribution in [2.24, 2.45) is 0 Å². The Balaban J connectivity index is 1.63. The molecule has 0 saturated carbocycles. The minimum atomic E-state index is -0.542. The van der Waals surface area contributed by atoms with Gasteiger partial charge in [0.05, 0.1) is 18.2 Å². The molecule has 0 aliphatic rings. The number of carbonyl (C=O) groups is 4. The molecule has 32 heavy (non-hydrogen) atoms. The third-order valence-corrected chi connectivity index (χ3v) is 4.51. The van der Waals surface area contributed by atoms with E-state index in [2.05, 4.69) is 10.6 Å². The van der Waals surface area contributed by atoms with Crippen molar-refractivity contribution in [2.45, 2.75) is 39.2 Å². The van der Waals surface area contributed by atoms with Crippen molar-refractivity contribution in [1.82, 2.24) is 5.32 Å². The fraction of sp³-hybridized carbons (Fsp3) is 0.333. The third kappa shape index (κ3) is 8.59. The summed E-state index contributed by atoms with van der Waals surface area (Å²) in [7, 11) is 0. The molecule has 0 aromatic heterocycles. The molecule has 1 atom stereocenters. The van der Waals surface area contributed by atoms with Crippen molar-refractivity contribution in [3.63, 3.8) is 0 Å². The molecule has 2 rings (SSSR count). The molecular weight excluding hydrogens is 412 g/mol. The second-order valence-electron chi connectivity index (χ2n) is 7.06. The first-order valence-corrected chi connectivity index (χ1v) is 10.5. The Morgan fingerprint density at radius 2 is 1.56 bits per heavy atom. The summed E-state index contributed by atoms with van der Waals surface area (Å²) < 4.78 is 9.87. The number of carbonyl (C=O) groups excluding carboxylic acids is 4. The van der Waals surface area contributed by atoms with E-state index >= 15 is 0 Å². The highest BCUT2D eigenvalue weighted by Crippen LogP contribution is 2.12. The zero-order valence-electron chi connectivity index (χ0n) is 18.3. The fourth-order valence-corrected chi connectivity index (χ4v) is 2.85. The van der Waals surface area contributed by atoms with Crippen LogP contribution in [-0.2, 0) is 23.9 Å². The third-order valence-electron chi connectivity index (χ3n) is 4.51. The van der Waals surface area contributed by atoms with Crippen LogP contribution in [0.1, 0.15) is 55.1 Å². The van der Waals surface area contributed by atoms with Gasteiger partial charge in [0.1, 0.15) is 0 Å². The van der Waals surface area contributed by atoms with Crippen molar-refractivity contribution in [3.8, 4) is 0 Å². The van der Waals surface area contributed by atoms with E-state index in [0.29, 0.717) is 11.3 Å². The maximum atomic E-state index is 12.0. The quantitative estimate of drug-likeness (QED) is 0.518. The molecule has 2 aromatic carbocycles. The lowest BCUT2D eigenvalue weighted by atomic mass is 10.1. The number of rotatable bonds is 11. The standard InChI is InChI=1S/C24H28N2O6/c1-3-31-24(30)19-12-14-20(15-13-19)26-21(27)10-7-11-23(29)32-16-22(28)25-17(2)18-8-5-4-6-9-18/h4-6,8-9,12-15,17H,3,7,10-11,16H2,1-2H3,(H,25,28)(H,26,27)/t17-/m1/s1. The highest BCUT2D eigenvalue weighted by Gasteiger charge is 2.13. The van der Waals surface area contributed by atoms with Crippen molar-refractivity contribution in [2.75, 3.05) is 18.5 Å². The van der Waals surface area contributed by atoms with Crippen molar-refractivity contribution in [3.05, 3.63) is 65.7 Å². The highest BCUT2D eigenvalue weighted by molar-refractivity contribution is 5.93. The number of hydrogen-bond donors (Lipinski definition) is 2. The van der Waals surface area contributed by atoms with E-state index in [0.717, 1.165) is 5.56 Å². The minimum Gasteiger partial charge on any atom is -0.462 e. The predicted molar refractivity (Wildman–Crippen MR) is 119 cm³/mol. The molecule has 0 aliphatic carbocycles. The zero-order chi connectivity index (χ0) is 23.3.